The molecule has 0 radical (unpaired) electrons. The molecule has 7 nitrogen and oxygen atoms in total. The minimum absolute atomic E-state index is 0.00931. The SMILES string of the molecule is C=C(OCC)c1ncn(-c2ccc(C3CCC(CP(=O)(O)O)CC3)cc2)c1/N=C\C. The second kappa shape index (κ2) is 9.73. The van der Waals surface area contributed by atoms with E-state index in [1.807, 2.05) is 18.4 Å². The highest BCUT2D eigenvalue weighted by atomic mass is 31.2. The summed E-state index contributed by atoms with van der Waals surface area (Å²) in [5, 5.41) is 0. The summed E-state index contributed by atoms with van der Waals surface area (Å²) in [5.74, 6) is 1.73. The van der Waals surface area contributed by atoms with Crippen LogP contribution in [-0.2, 0) is 9.30 Å². The Balaban J connectivity index is 1.74. The zero-order chi connectivity index (χ0) is 21.7. The lowest BCUT2D eigenvalue weighted by Crippen LogP contribution is -2.16. The largest absolute Gasteiger partial charge is 0.492 e. The van der Waals surface area contributed by atoms with Crippen LogP contribution < -0.4 is 0 Å². The Bertz CT molecular complexity index is 938. The van der Waals surface area contributed by atoms with Crippen molar-refractivity contribution in [3.05, 3.63) is 48.4 Å². The molecule has 162 valence electrons. The minimum atomic E-state index is -3.92. The molecule has 1 aromatic heterocycles. The molecule has 1 aliphatic rings. The van der Waals surface area contributed by atoms with E-state index in [1.165, 1.54) is 5.56 Å². The van der Waals surface area contributed by atoms with Gasteiger partial charge < -0.3 is 14.5 Å². The van der Waals surface area contributed by atoms with Gasteiger partial charge in [-0.1, -0.05) is 18.7 Å². The Morgan fingerprint density at radius 2 is 1.97 bits per heavy atom. The van der Waals surface area contributed by atoms with E-state index in [1.54, 1.807) is 12.5 Å². The van der Waals surface area contributed by atoms with Crippen LogP contribution in [0.1, 0.15) is 56.7 Å². The van der Waals surface area contributed by atoms with E-state index in [9.17, 15) is 14.4 Å². The predicted octanol–water partition coefficient (Wildman–Crippen LogP) is 5.05. The third-order valence-electron chi connectivity index (χ3n) is 5.56. The molecular formula is C22H30N3O4P. The lowest BCUT2D eigenvalue weighted by molar-refractivity contribution is 0.298. The molecule has 1 saturated carbocycles. The number of hydrogen-bond donors (Lipinski definition) is 2. The van der Waals surface area contributed by atoms with Gasteiger partial charge in [-0.3, -0.25) is 9.13 Å². The summed E-state index contributed by atoms with van der Waals surface area (Å²) in [5.41, 5.74) is 2.84. The number of benzene rings is 1. The molecule has 0 atom stereocenters. The van der Waals surface area contributed by atoms with E-state index < -0.39 is 7.60 Å². The Labute approximate surface area is 177 Å². The van der Waals surface area contributed by atoms with Crippen LogP contribution in [0, 0.1) is 5.92 Å². The average molecular weight is 431 g/mol. The third kappa shape index (κ3) is 5.48. The van der Waals surface area contributed by atoms with Gasteiger partial charge in [0.05, 0.1) is 12.8 Å². The average Bonchev–Trinajstić information content (AvgIpc) is 3.12. The topological polar surface area (TPSA) is 96.9 Å². The van der Waals surface area contributed by atoms with Crippen LogP contribution in [0.3, 0.4) is 0 Å². The predicted molar refractivity (Wildman–Crippen MR) is 120 cm³/mol. The second-order valence-electron chi connectivity index (χ2n) is 7.69. The van der Waals surface area contributed by atoms with Crippen LogP contribution in [0.2, 0.25) is 0 Å². The highest BCUT2D eigenvalue weighted by molar-refractivity contribution is 7.51. The van der Waals surface area contributed by atoms with Gasteiger partial charge in [-0.2, -0.15) is 0 Å². The maximum absolute atomic E-state index is 11.2. The summed E-state index contributed by atoms with van der Waals surface area (Å²) < 4.78 is 18.7. The molecule has 0 bridgehead atoms. The van der Waals surface area contributed by atoms with Crippen molar-refractivity contribution in [3.63, 3.8) is 0 Å². The first-order valence-corrected chi connectivity index (χ1v) is 12.1. The molecular weight excluding hydrogens is 401 g/mol. The van der Waals surface area contributed by atoms with Gasteiger partial charge >= 0.3 is 7.60 Å². The van der Waals surface area contributed by atoms with Gasteiger partial charge in [-0.05, 0) is 69.1 Å². The second-order valence-corrected chi connectivity index (χ2v) is 9.38. The van der Waals surface area contributed by atoms with Crippen molar-refractivity contribution in [2.45, 2.75) is 45.4 Å². The van der Waals surface area contributed by atoms with E-state index in [4.69, 9.17) is 4.74 Å². The lowest BCUT2D eigenvalue weighted by atomic mass is 9.79. The maximum Gasteiger partial charge on any atom is 0.325 e. The molecule has 2 aromatic rings. The molecule has 1 heterocycles. The monoisotopic (exact) mass is 431 g/mol. The molecule has 0 saturated heterocycles. The number of aliphatic imine (C=N–C) groups is 1. The fourth-order valence-corrected chi connectivity index (χ4v) is 5.18. The van der Waals surface area contributed by atoms with Crippen molar-refractivity contribution < 1.29 is 19.1 Å². The Morgan fingerprint density at radius 1 is 1.30 bits per heavy atom. The highest BCUT2D eigenvalue weighted by Gasteiger charge is 2.27. The van der Waals surface area contributed by atoms with E-state index in [0.717, 1.165) is 31.4 Å². The molecule has 0 unspecified atom stereocenters. The highest BCUT2D eigenvalue weighted by Crippen LogP contribution is 2.44. The zero-order valence-corrected chi connectivity index (χ0v) is 18.5. The molecule has 1 fully saturated rings. The van der Waals surface area contributed by atoms with Gasteiger partial charge in [0.15, 0.2) is 5.82 Å². The fourth-order valence-electron chi connectivity index (χ4n) is 4.14. The summed E-state index contributed by atoms with van der Waals surface area (Å²) in [6.07, 6.45) is 7.09. The van der Waals surface area contributed by atoms with Crippen LogP contribution in [0.4, 0.5) is 5.82 Å². The van der Waals surface area contributed by atoms with Crippen LogP contribution in [0.25, 0.3) is 11.4 Å². The first-order valence-electron chi connectivity index (χ1n) is 10.3. The Morgan fingerprint density at radius 3 is 2.53 bits per heavy atom. The van der Waals surface area contributed by atoms with Crippen LogP contribution >= 0.6 is 7.60 Å². The molecule has 2 N–H and O–H groups in total. The molecule has 1 aliphatic carbocycles. The van der Waals surface area contributed by atoms with Gasteiger partial charge in [0.1, 0.15) is 17.8 Å². The first kappa shape index (κ1) is 22.5. The van der Waals surface area contributed by atoms with Gasteiger partial charge in [0, 0.05) is 11.9 Å². The van der Waals surface area contributed by atoms with Crippen molar-refractivity contribution in [2.24, 2.45) is 10.9 Å². The van der Waals surface area contributed by atoms with Gasteiger partial charge in [0.2, 0.25) is 0 Å². The van der Waals surface area contributed by atoms with Crippen LogP contribution in [-0.4, -0.2) is 38.3 Å². The summed E-state index contributed by atoms with van der Waals surface area (Å²) in [4.78, 5) is 27.3. The number of imidazole rings is 1. The molecule has 0 aliphatic heterocycles. The summed E-state index contributed by atoms with van der Waals surface area (Å²) >= 11 is 0. The number of ether oxygens (including phenoxy) is 1. The molecule has 0 amide bonds. The smallest absolute Gasteiger partial charge is 0.325 e. The minimum Gasteiger partial charge on any atom is -0.492 e. The standard InChI is InChI=1S/C22H30N3O4P/c1-4-23-22-21(16(3)29-5-2)24-15-25(22)20-12-10-19(11-13-20)18-8-6-17(7-9-18)14-30(26,27)28/h4,10-13,15,17-18H,3,5-9,14H2,1-2H3,(H2,26,27,28)/b23-4-. The van der Waals surface area contributed by atoms with Crippen molar-refractivity contribution in [1.29, 1.82) is 0 Å². The van der Waals surface area contributed by atoms with E-state index in [2.05, 4.69) is 40.8 Å². The Hall–Kier alpha value is -2.21. The normalized spacial score (nSPS) is 19.9. The van der Waals surface area contributed by atoms with Gasteiger partial charge in [-0.25, -0.2) is 9.98 Å². The molecule has 1 aromatic carbocycles. The van der Waals surface area contributed by atoms with Crippen LogP contribution in [0.5, 0.6) is 0 Å². The summed E-state index contributed by atoms with van der Waals surface area (Å²) in [7, 11) is -3.92. The van der Waals surface area contributed by atoms with E-state index in [0.29, 0.717) is 29.8 Å². The van der Waals surface area contributed by atoms with Gasteiger partial charge in [0.25, 0.3) is 0 Å². The summed E-state index contributed by atoms with van der Waals surface area (Å²) in [6.45, 7) is 8.23. The van der Waals surface area contributed by atoms with Gasteiger partial charge in [-0.15, -0.1) is 0 Å². The zero-order valence-electron chi connectivity index (χ0n) is 17.6. The number of rotatable bonds is 8. The Kier molecular flexibility index (Phi) is 7.29. The molecule has 3 rings (SSSR count). The van der Waals surface area contributed by atoms with Crippen molar-refractivity contribution in [2.75, 3.05) is 12.8 Å². The number of aromatic nitrogens is 2. The summed E-state index contributed by atoms with van der Waals surface area (Å²) in [6, 6.07) is 8.36. The van der Waals surface area contributed by atoms with Crippen molar-refractivity contribution in [1.82, 2.24) is 9.55 Å². The third-order valence-corrected chi connectivity index (χ3v) is 6.55. The van der Waals surface area contributed by atoms with Crippen LogP contribution in [0.15, 0.2) is 42.2 Å². The molecule has 0 spiro atoms. The quantitative estimate of drug-likeness (QED) is 0.346. The van der Waals surface area contributed by atoms with Crippen molar-refractivity contribution in [3.8, 4) is 5.69 Å². The van der Waals surface area contributed by atoms with E-state index >= 15 is 0 Å². The molecule has 8 heteroatoms. The van der Waals surface area contributed by atoms with Crippen molar-refractivity contribution >= 4 is 25.4 Å². The fraction of sp³-hybridized carbons (Fsp3) is 0.455. The maximum atomic E-state index is 11.2. The number of hydrogen-bond acceptors (Lipinski definition) is 4. The lowest BCUT2D eigenvalue weighted by Gasteiger charge is -2.29. The van der Waals surface area contributed by atoms with E-state index in [-0.39, 0.29) is 12.1 Å². The first-order chi connectivity index (χ1) is 14.3. The molecule has 30 heavy (non-hydrogen) atoms. The number of nitrogens with zero attached hydrogens (tertiary/aromatic N) is 3.